The second-order valence-corrected chi connectivity index (χ2v) is 6.43. The van der Waals surface area contributed by atoms with Gasteiger partial charge in [0.1, 0.15) is 17.1 Å². The fraction of sp³-hybridized carbons (Fsp3) is 0.400. The van der Waals surface area contributed by atoms with Crippen molar-refractivity contribution in [3.8, 4) is 11.3 Å². The monoisotopic (exact) mass is 338 g/mol. The molecule has 1 atom stereocenters. The van der Waals surface area contributed by atoms with Gasteiger partial charge in [0, 0.05) is 5.56 Å². The number of nitrogens with zero attached hydrogens (tertiary/aromatic N) is 2. The summed E-state index contributed by atoms with van der Waals surface area (Å²) in [6.07, 6.45) is 0.116. The number of halogens is 2. The molecule has 5 heteroatoms. The minimum absolute atomic E-state index is 0.116. The lowest BCUT2D eigenvalue weighted by Crippen LogP contribution is -2.38. The Bertz CT molecular complexity index is 649. The van der Waals surface area contributed by atoms with Gasteiger partial charge in [0.15, 0.2) is 0 Å². The molecule has 0 spiro atoms. The van der Waals surface area contributed by atoms with E-state index in [-0.39, 0.29) is 11.9 Å². The normalized spacial score (nSPS) is 20.8. The molecule has 1 aromatic carbocycles. The molecule has 3 nitrogen and oxygen atoms in total. The first kappa shape index (κ1) is 13.8. The van der Waals surface area contributed by atoms with E-state index in [1.165, 1.54) is 12.1 Å². The zero-order valence-electron chi connectivity index (χ0n) is 11.7. The minimum Gasteiger partial charge on any atom is -0.364 e. The molecule has 20 heavy (non-hydrogen) atoms. The number of aromatic nitrogens is 2. The first-order valence-electron chi connectivity index (χ1n) is 6.59. The Labute approximate surface area is 125 Å². The van der Waals surface area contributed by atoms with Gasteiger partial charge < -0.3 is 4.74 Å². The Morgan fingerprint density at radius 1 is 1.35 bits per heavy atom. The summed E-state index contributed by atoms with van der Waals surface area (Å²) in [5.41, 5.74) is 2.34. The third-order valence-electron chi connectivity index (χ3n) is 3.51. The van der Waals surface area contributed by atoms with E-state index >= 15 is 0 Å². The van der Waals surface area contributed by atoms with Crippen LogP contribution in [0.15, 0.2) is 28.7 Å². The van der Waals surface area contributed by atoms with Gasteiger partial charge in [-0.25, -0.2) is 4.39 Å². The molecule has 1 aromatic heterocycles. The summed E-state index contributed by atoms with van der Waals surface area (Å²) >= 11 is 3.63. The fourth-order valence-corrected chi connectivity index (χ4v) is 3.77. The summed E-state index contributed by atoms with van der Waals surface area (Å²) in [6.45, 7) is 6.83. The molecule has 1 aliphatic rings. The number of rotatable bonds is 1. The lowest BCUT2D eigenvalue weighted by molar-refractivity contribution is -0.101. The molecular formula is C15H16BrFN2O. The lowest BCUT2D eigenvalue weighted by Gasteiger charge is -2.35. The van der Waals surface area contributed by atoms with E-state index in [0.717, 1.165) is 28.0 Å². The molecule has 0 bridgehead atoms. The molecule has 1 aliphatic heterocycles. The highest BCUT2D eigenvalue weighted by molar-refractivity contribution is 9.10. The Morgan fingerprint density at radius 3 is 2.65 bits per heavy atom. The van der Waals surface area contributed by atoms with Gasteiger partial charge in [-0.3, -0.25) is 4.68 Å². The van der Waals surface area contributed by atoms with E-state index in [2.05, 4.69) is 21.0 Å². The van der Waals surface area contributed by atoms with Gasteiger partial charge in [-0.2, -0.15) is 5.10 Å². The van der Waals surface area contributed by atoms with Gasteiger partial charge in [0.05, 0.1) is 22.8 Å². The third-order valence-corrected chi connectivity index (χ3v) is 4.26. The predicted molar refractivity (Wildman–Crippen MR) is 78.9 cm³/mol. The van der Waals surface area contributed by atoms with E-state index in [1.807, 2.05) is 25.5 Å². The van der Waals surface area contributed by atoms with Crippen LogP contribution in [0.2, 0.25) is 0 Å². The van der Waals surface area contributed by atoms with Crippen molar-refractivity contribution in [3.63, 3.8) is 0 Å². The maximum absolute atomic E-state index is 13.0. The largest absolute Gasteiger partial charge is 0.364 e. The summed E-state index contributed by atoms with van der Waals surface area (Å²) in [5, 5.41) is 4.66. The van der Waals surface area contributed by atoms with Gasteiger partial charge in [0.25, 0.3) is 0 Å². The molecule has 0 saturated carbocycles. The van der Waals surface area contributed by atoms with E-state index in [1.54, 1.807) is 12.1 Å². The van der Waals surface area contributed by atoms with Crippen molar-refractivity contribution < 1.29 is 9.13 Å². The maximum atomic E-state index is 13.0. The first-order valence-corrected chi connectivity index (χ1v) is 7.38. The topological polar surface area (TPSA) is 27.1 Å². The van der Waals surface area contributed by atoms with Crippen LogP contribution in [0.25, 0.3) is 11.3 Å². The molecule has 0 aliphatic carbocycles. The van der Waals surface area contributed by atoms with Crippen LogP contribution >= 0.6 is 15.9 Å². The smallest absolute Gasteiger partial charge is 0.123 e. The Balaban J connectivity index is 2.14. The highest BCUT2D eigenvalue weighted by Gasteiger charge is 2.37. The van der Waals surface area contributed by atoms with Crippen LogP contribution in [0.3, 0.4) is 0 Å². The van der Waals surface area contributed by atoms with Crippen molar-refractivity contribution in [2.24, 2.45) is 0 Å². The number of hydrogen-bond donors (Lipinski definition) is 0. The number of benzene rings is 1. The fourth-order valence-electron chi connectivity index (χ4n) is 2.78. The minimum atomic E-state index is -0.401. The van der Waals surface area contributed by atoms with Crippen molar-refractivity contribution >= 4 is 15.9 Å². The quantitative estimate of drug-likeness (QED) is 0.782. The van der Waals surface area contributed by atoms with Gasteiger partial charge in [0.2, 0.25) is 0 Å². The molecule has 2 heterocycles. The average molecular weight is 339 g/mol. The van der Waals surface area contributed by atoms with Gasteiger partial charge >= 0.3 is 0 Å². The Morgan fingerprint density at radius 2 is 2.00 bits per heavy atom. The first-order chi connectivity index (χ1) is 9.38. The second kappa shape index (κ2) is 4.67. The summed E-state index contributed by atoms with van der Waals surface area (Å²) in [4.78, 5) is 0. The predicted octanol–water partition coefficient (Wildman–Crippen LogP) is 4.11. The van der Waals surface area contributed by atoms with Crippen molar-refractivity contribution in [2.45, 2.75) is 39.0 Å². The molecule has 0 saturated heterocycles. The highest BCUT2D eigenvalue weighted by Crippen LogP contribution is 2.40. The summed E-state index contributed by atoms with van der Waals surface area (Å²) < 4.78 is 21.9. The zero-order chi connectivity index (χ0) is 14.5. The van der Waals surface area contributed by atoms with E-state index in [9.17, 15) is 4.39 Å². The summed E-state index contributed by atoms with van der Waals surface area (Å²) in [6, 6.07) is 6.38. The number of ether oxygens (including phenoxy) is 1. The van der Waals surface area contributed by atoms with Crippen molar-refractivity contribution in [1.82, 2.24) is 9.78 Å². The van der Waals surface area contributed by atoms with Gasteiger partial charge in [-0.1, -0.05) is 0 Å². The Hall–Kier alpha value is -1.20. The SMILES string of the molecule is CC1Cn2nc(-c3ccc(F)cc3)c(Br)c2C(C)(C)O1. The zero-order valence-corrected chi connectivity index (χ0v) is 13.2. The van der Waals surface area contributed by atoms with Crippen LogP contribution in [-0.2, 0) is 16.9 Å². The van der Waals surface area contributed by atoms with E-state index in [0.29, 0.717) is 0 Å². The van der Waals surface area contributed by atoms with Crippen molar-refractivity contribution in [3.05, 3.63) is 40.2 Å². The molecule has 0 N–H and O–H groups in total. The average Bonchev–Trinajstić information content (AvgIpc) is 2.67. The third kappa shape index (κ3) is 2.19. The van der Waals surface area contributed by atoms with E-state index < -0.39 is 5.60 Å². The molecule has 3 rings (SSSR count). The molecule has 0 amide bonds. The van der Waals surface area contributed by atoms with Crippen LogP contribution in [0, 0.1) is 5.82 Å². The summed E-state index contributed by atoms with van der Waals surface area (Å²) in [7, 11) is 0. The standard InChI is InChI=1S/C15H16BrFN2O/c1-9-8-19-14(15(2,3)20-9)12(16)13(18-19)10-4-6-11(17)7-5-10/h4-7,9H,8H2,1-3H3. The lowest BCUT2D eigenvalue weighted by atomic mass is 10.0. The van der Waals surface area contributed by atoms with E-state index in [4.69, 9.17) is 4.74 Å². The van der Waals surface area contributed by atoms with Crippen LogP contribution < -0.4 is 0 Å². The van der Waals surface area contributed by atoms with Crippen molar-refractivity contribution in [2.75, 3.05) is 0 Å². The molecular weight excluding hydrogens is 323 g/mol. The molecule has 0 fully saturated rings. The molecule has 0 radical (unpaired) electrons. The highest BCUT2D eigenvalue weighted by atomic mass is 79.9. The summed E-state index contributed by atoms with van der Waals surface area (Å²) in [5.74, 6) is -0.244. The maximum Gasteiger partial charge on any atom is 0.123 e. The van der Waals surface area contributed by atoms with Crippen LogP contribution in [0.4, 0.5) is 4.39 Å². The Kier molecular flexibility index (Phi) is 3.21. The number of hydrogen-bond acceptors (Lipinski definition) is 2. The van der Waals surface area contributed by atoms with Crippen LogP contribution in [-0.4, -0.2) is 15.9 Å². The van der Waals surface area contributed by atoms with Crippen LogP contribution in [0.5, 0.6) is 0 Å². The second-order valence-electron chi connectivity index (χ2n) is 5.64. The van der Waals surface area contributed by atoms with Gasteiger partial charge in [-0.15, -0.1) is 0 Å². The van der Waals surface area contributed by atoms with Crippen LogP contribution in [0.1, 0.15) is 26.5 Å². The molecule has 106 valence electrons. The van der Waals surface area contributed by atoms with Crippen molar-refractivity contribution in [1.29, 1.82) is 0 Å². The molecule has 1 unspecified atom stereocenters. The number of fused-ring (bicyclic) bond motifs is 1. The molecule has 2 aromatic rings. The van der Waals surface area contributed by atoms with Gasteiger partial charge in [-0.05, 0) is 61.0 Å².